The van der Waals surface area contributed by atoms with Crippen molar-refractivity contribution in [3.05, 3.63) is 41.1 Å². The van der Waals surface area contributed by atoms with Gasteiger partial charge < -0.3 is 9.42 Å². The van der Waals surface area contributed by atoms with Crippen molar-refractivity contribution in [1.29, 1.82) is 0 Å². The third-order valence-corrected chi connectivity index (χ3v) is 5.74. The van der Waals surface area contributed by atoms with Crippen LogP contribution in [0.1, 0.15) is 5.76 Å². The van der Waals surface area contributed by atoms with E-state index in [9.17, 15) is 8.42 Å². The van der Waals surface area contributed by atoms with Crippen molar-refractivity contribution in [2.75, 3.05) is 31.1 Å². The van der Waals surface area contributed by atoms with Gasteiger partial charge in [0.25, 0.3) is 0 Å². The van der Waals surface area contributed by atoms with Crippen molar-refractivity contribution >= 4 is 27.4 Å². The number of halogens is 1. The fraction of sp³-hybridized carbons (Fsp3) is 0.357. The molecule has 0 aliphatic carbocycles. The Kier molecular flexibility index (Phi) is 4.12. The van der Waals surface area contributed by atoms with Crippen LogP contribution in [0.3, 0.4) is 0 Å². The van der Waals surface area contributed by atoms with Gasteiger partial charge >= 0.3 is 0 Å². The number of rotatable bonds is 3. The number of hydrogen-bond donors (Lipinski definition) is 0. The molecule has 6 nitrogen and oxygen atoms in total. The van der Waals surface area contributed by atoms with Crippen LogP contribution in [0.25, 0.3) is 0 Å². The Morgan fingerprint density at radius 2 is 1.91 bits per heavy atom. The van der Waals surface area contributed by atoms with E-state index in [4.69, 9.17) is 16.1 Å². The maximum Gasteiger partial charge on any atom is 0.243 e. The van der Waals surface area contributed by atoms with Crippen molar-refractivity contribution < 1.29 is 12.9 Å². The SMILES string of the molecule is Cc1cc(N2CCN(S(=O)(=O)c3cccc(Cl)c3)CC2)no1. The first-order valence-electron chi connectivity index (χ1n) is 6.91. The summed E-state index contributed by atoms with van der Waals surface area (Å²) in [6.07, 6.45) is 0. The summed E-state index contributed by atoms with van der Waals surface area (Å²) in [5.41, 5.74) is 0. The molecule has 8 heteroatoms. The van der Waals surface area contributed by atoms with Gasteiger partial charge in [-0.05, 0) is 25.1 Å². The Hall–Kier alpha value is -1.57. The second-order valence-electron chi connectivity index (χ2n) is 5.14. The van der Waals surface area contributed by atoms with Crippen LogP contribution in [0, 0.1) is 6.92 Å². The van der Waals surface area contributed by atoms with Gasteiger partial charge in [-0.3, -0.25) is 0 Å². The molecule has 1 saturated heterocycles. The summed E-state index contributed by atoms with van der Waals surface area (Å²) in [5.74, 6) is 1.49. The fourth-order valence-electron chi connectivity index (χ4n) is 2.44. The molecule has 118 valence electrons. The summed E-state index contributed by atoms with van der Waals surface area (Å²) >= 11 is 5.89. The third kappa shape index (κ3) is 2.97. The number of sulfonamides is 1. The molecule has 0 radical (unpaired) electrons. The van der Waals surface area contributed by atoms with E-state index in [-0.39, 0.29) is 4.90 Å². The molecule has 1 aliphatic rings. The molecule has 3 rings (SSSR count). The van der Waals surface area contributed by atoms with Crippen LogP contribution in [-0.2, 0) is 10.0 Å². The van der Waals surface area contributed by atoms with Crippen molar-refractivity contribution in [2.45, 2.75) is 11.8 Å². The van der Waals surface area contributed by atoms with Crippen LogP contribution in [-0.4, -0.2) is 44.1 Å². The highest BCUT2D eigenvalue weighted by atomic mass is 35.5. The van der Waals surface area contributed by atoms with E-state index in [1.54, 1.807) is 18.2 Å². The lowest BCUT2D eigenvalue weighted by Crippen LogP contribution is -2.48. The molecule has 1 aliphatic heterocycles. The van der Waals surface area contributed by atoms with Gasteiger partial charge in [0.15, 0.2) is 5.82 Å². The first-order chi connectivity index (χ1) is 10.5. The first kappa shape index (κ1) is 15.3. The molecule has 0 unspecified atom stereocenters. The van der Waals surface area contributed by atoms with Crippen molar-refractivity contribution in [1.82, 2.24) is 9.46 Å². The molecule has 0 spiro atoms. The fourth-order valence-corrected chi connectivity index (χ4v) is 4.16. The van der Waals surface area contributed by atoms with E-state index in [1.807, 2.05) is 17.9 Å². The van der Waals surface area contributed by atoms with E-state index in [2.05, 4.69) is 5.16 Å². The van der Waals surface area contributed by atoms with Gasteiger partial charge in [-0.15, -0.1) is 0 Å². The standard InChI is InChI=1S/C14H16ClN3O3S/c1-11-9-14(16-21-11)17-5-7-18(8-6-17)22(19,20)13-4-2-3-12(15)10-13/h2-4,9-10H,5-8H2,1H3. The molecule has 0 N–H and O–H groups in total. The number of aryl methyl sites for hydroxylation is 1. The molecule has 1 aromatic carbocycles. The molecule has 2 aromatic rings. The van der Waals surface area contributed by atoms with Crippen LogP contribution >= 0.6 is 11.6 Å². The highest BCUT2D eigenvalue weighted by molar-refractivity contribution is 7.89. The highest BCUT2D eigenvalue weighted by Crippen LogP contribution is 2.22. The minimum Gasteiger partial charge on any atom is -0.360 e. The Bertz CT molecular complexity index is 767. The second-order valence-corrected chi connectivity index (χ2v) is 7.52. The molecule has 1 fully saturated rings. The summed E-state index contributed by atoms with van der Waals surface area (Å²) in [6.45, 7) is 3.79. The number of aromatic nitrogens is 1. The van der Waals surface area contributed by atoms with E-state index in [0.29, 0.717) is 31.2 Å². The zero-order valence-corrected chi connectivity index (χ0v) is 13.6. The number of hydrogen-bond acceptors (Lipinski definition) is 5. The Balaban J connectivity index is 1.73. The third-order valence-electron chi connectivity index (χ3n) is 3.61. The smallest absolute Gasteiger partial charge is 0.243 e. The van der Waals surface area contributed by atoms with E-state index in [1.165, 1.54) is 10.4 Å². The number of piperazine rings is 1. The zero-order valence-electron chi connectivity index (χ0n) is 12.1. The van der Waals surface area contributed by atoms with E-state index < -0.39 is 10.0 Å². The lowest BCUT2D eigenvalue weighted by molar-refractivity contribution is 0.371. The lowest BCUT2D eigenvalue weighted by Gasteiger charge is -2.33. The summed E-state index contributed by atoms with van der Waals surface area (Å²) in [7, 11) is -3.51. The summed E-state index contributed by atoms with van der Waals surface area (Å²) in [6, 6.07) is 8.19. The van der Waals surface area contributed by atoms with Crippen molar-refractivity contribution in [2.24, 2.45) is 0 Å². The Morgan fingerprint density at radius 3 is 2.50 bits per heavy atom. The highest BCUT2D eigenvalue weighted by Gasteiger charge is 2.29. The quantitative estimate of drug-likeness (QED) is 0.855. The molecule has 1 aromatic heterocycles. The van der Waals surface area contributed by atoms with Crippen LogP contribution < -0.4 is 4.90 Å². The Morgan fingerprint density at radius 1 is 1.18 bits per heavy atom. The number of anilines is 1. The van der Waals surface area contributed by atoms with Gasteiger partial charge in [0, 0.05) is 37.3 Å². The molecule has 0 atom stereocenters. The molecular weight excluding hydrogens is 326 g/mol. The van der Waals surface area contributed by atoms with Gasteiger partial charge in [0.2, 0.25) is 10.0 Å². The summed E-state index contributed by atoms with van der Waals surface area (Å²) in [5, 5.41) is 4.38. The Labute approximate surface area is 134 Å². The maximum absolute atomic E-state index is 12.6. The van der Waals surface area contributed by atoms with Gasteiger partial charge in [0.05, 0.1) is 4.90 Å². The lowest BCUT2D eigenvalue weighted by atomic mass is 10.3. The molecule has 0 bridgehead atoms. The predicted molar refractivity (Wildman–Crippen MR) is 83.7 cm³/mol. The largest absolute Gasteiger partial charge is 0.360 e. The molecule has 22 heavy (non-hydrogen) atoms. The molecule has 0 amide bonds. The van der Waals surface area contributed by atoms with Crippen molar-refractivity contribution in [3.8, 4) is 0 Å². The van der Waals surface area contributed by atoms with Crippen LogP contribution in [0.5, 0.6) is 0 Å². The second kappa shape index (κ2) is 5.91. The normalized spacial score (nSPS) is 16.9. The van der Waals surface area contributed by atoms with Crippen LogP contribution in [0.15, 0.2) is 39.8 Å². The van der Waals surface area contributed by atoms with Crippen LogP contribution in [0.4, 0.5) is 5.82 Å². The number of nitrogens with zero attached hydrogens (tertiary/aromatic N) is 3. The van der Waals surface area contributed by atoms with Gasteiger partial charge in [-0.2, -0.15) is 4.31 Å². The zero-order chi connectivity index (χ0) is 15.7. The summed E-state index contributed by atoms with van der Waals surface area (Å²) in [4.78, 5) is 2.24. The minimum absolute atomic E-state index is 0.228. The van der Waals surface area contributed by atoms with Gasteiger partial charge in [-0.25, -0.2) is 8.42 Å². The first-order valence-corrected chi connectivity index (χ1v) is 8.72. The topological polar surface area (TPSA) is 66.7 Å². The molecular formula is C14H16ClN3O3S. The average molecular weight is 342 g/mol. The van der Waals surface area contributed by atoms with Gasteiger partial charge in [0.1, 0.15) is 5.76 Å². The summed E-state index contributed by atoms with van der Waals surface area (Å²) < 4.78 is 31.7. The van der Waals surface area contributed by atoms with E-state index >= 15 is 0 Å². The predicted octanol–water partition coefficient (Wildman–Crippen LogP) is 2.15. The number of benzene rings is 1. The minimum atomic E-state index is -3.51. The molecule has 2 heterocycles. The maximum atomic E-state index is 12.6. The average Bonchev–Trinajstić information content (AvgIpc) is 2.94. The monoisotopic (exact) mass is 341 g/mol. The van der Waals surface area contributed by atoms with Crippen LogP contribution in [0.2, 0.25) is 5.02 Å². The van der Waals surface area contributed by atoms with Gasteiger partial charge in [-0.1, -0.05) is 22.8 Å². The van der Waals surface area contributed by atoms with E-state index in [0.717, 1.165) is 11.6 Å². The van der Waals surface area contributed by atoms with Crippen molar-refractivity contribution in [3.63, 3.8) is 0 Å². The molecule has 0 saturated carbocycles.